The van der Waals surface area contributed by atoms with Crippen molar-refractivity contribution >= 4 is 0 Å². The Morgan fingerprint density at radius 1 is 1.26 bits per heavy atom. The predicted octanol–water partition coefficient (Wildman–Crippen LogP) is 2.85. The summed E-state index contributed by atoms with van der Waals surface area (Å²) in [6.07, 6.45) is 10.4. The molecule has 1 aliphatic carbocycles. The molecule has 1 fully saturated rings. The molecule has 2 rings (SSSR count). The zero-order valence-corrected chi connectivity index (χ0v) is 12.1. The topological polar surface area (TPSA) is 47.0 Å². The lowest BCUT2D eigenvalue weighted by molar-refractivity contribution is -0.000229. The van der Waals surface area contributed by atoms with Crippen molar-refractivity contribution in [2.45, 2.75) is 51.7 Å². The summed E-state index contributed by atoms with van der Waals surface area (Å²) in [7, 11) is 1.93. The number of rotatable bonds is 6. The van der Waals surface area contributed by atoms with Gasteiger partial charge < -0.3 is 10.1 Å². The van der Waals surface area contributed by atoms with E-state index in [9.17, 15) is 0 Å². The Bertz CT molecular complexity index is 360. The summed E-state index contributed by atoms with van der Waals surface area (Å²) >= 11 is 0. The molecule has 0 spiro atoms. The molecule has 1 aliphatic rings. The van der Waals surface area contributed by atoms with E-state index in [1.54, 1.807) is 0 Å². The number of aromatic nitrogens is 2. The number of hydrogen-bond donors (Lipinski definition) is 1. The van der Waals surface area contributed by atoms with Crippen LogP contribution in [0.3, 0.4) is 0 Å². The molecule has 106 valence electrons. The first-order chi connectivity index (χ1) is 9.35. The van der Waals surface area contributed by atoms with Gasteiger partial charge in [-0.15, -0.1) is 0 Å². The summed E-state index contributed by atoms with van der Waals surface area (Å²) in [5.74, 6) is 1.44. The van der Waals surface area contributed by atoms with E-state index in [1.165, 1.54) is 32.1 Å². The molecule has 1 atom stereocenters. The minimum absolute atomic E-state index is 0.0777. The van der Waals surface area contributed by atoms with Gasteiger partial charge in [-0.3, -0.25) is 0 Å². The SMILES string of the molecule is CCOC(c1ncc(CNC)cn1)C1CCCCC1. The lowest BCUT2D eigenvalue weighted by atomic mass is 9.85. The quantitative estimate of drug-likeness (QED) is 0.857. The van der Waals surface area contributed by atoms with Crippen LogP contribution in [0.1, 0.15) is 56.5 Å². The van der Waals surface area contributed by atoms with E-state index in [4.69, 9.17) is 4.74 Å². The molecule has 4 nitrogen and oxygen atoms in total. The van der Waals surface area contributed by atoms with E-state index in [0.717, 1.165) is 24.5 Å². The molecule has 0 bridgehead atoms. The van der Waals surface area contributed by atoms with Crippen molar-refractivity contribution in [3.05, 3.63) is 23.8 Å². The van der Waals surface area contributed by atoms with Gasteiger partial charge in [-0.2, -0.15) is 0 Å². The van der Waals surface area contributed by atoms with Crippen molar-refractivity contribution in [2.24, 2.45) is 5.92 Å². The van der Waals surface area contributed by atoms with Crippen LogP contribution >= 0.6 is 0 Å². The second-order valence-corrected chi connectivity index (χ2v) is 5.25. The van der Waals surface area contributed by atoms with Gasteiger partial charge in [0, 0.05) is 31.1 Å². The molecular formula is C15H25N3O. The van der Waals surface area contributed by atoms with Crippen molar-refractivity contribution in [3.8, 4) is 0 Å². The van der Waals surface area contributed by atoms with E-state index in [0.29, 0.717) is 5.92 Å². The van der Waals surface area contributed by atoms with Crippen molar-refractivity contribution in [1.29, 1.82) is 0 Å². The summed E-state index contributed by atoms with van der Waals surface area (Å²) in [6.45, 7) is 3.58. The van der Waals surface area contributed by atoms with Gasteiger partial charge in [0.2, 0.25) is 0 Å². The average molecular weight is 263 g/mol. The summed E-state index contributed by atoms with van der Waals surface area (Å²) in [6, 6.07) is 0. The van der Waals surface area contributed by atoms with Crippen molar-refractivity contribution in [3.63, 3.8) is 0 Å². The zero-order valence-electron chi connectivity index (χ0n) is 12.1. The molecule has 1 aromatic rings. The Morgan fingerprint density at radius 2 is 1.95 bits per heavy atom. The van der Waals surface area contributed by atoms with Gasteiger partial charge in [-0.05, 0) is 32.7 Å². The number of ether oxygens (including phenoxy) is 1. The molecule has 1 aromatic heterocycles. The minimum Gasteiger partial charge on any atom is -0.370 e. The Kier molecular flexibility index (Phi) is 5.73. The third-order valence-electron chi connectivity index (χ3n) is 3.78. The first kappa shape index (κ1) is 14.4. The number of hydrogen-bond acceptors (Lipinski definition) is 4. The van der Waals surface area contributed by atoms with Crippen LogP contribution in [0.25, 0.3) is 0 Å². The van der Waals surface area contributed by atoms with Gasteiger partial charge in [0.1, 0.15) is 6.10 Å². The Labute approximate surface area is 116 Å². The highest BCUT2D eigenvalue weighted by atomic mass is 16.5. The Morgan fingerprint density at radius 3 is 2.53 bits per heavy atom. The molecule has 0 aromatic carbocycles. The fraction of sp³-hybridized carbons (Fsp3) is 0.733. The molecule has 0 aliphatic heterocycles. The molecule has 1 saturated carbocycles. The van der Waals surface area contributed by atoms with Crippen LogP contribution in [0, 0.1) is 5.92 Å². The van der Waals surface area contributed by atoms with Crippen molar-refractivity contribution in [2.75, 3.05) is 13.7 Å². The largest absolute Gasteiger partial charge is 0.370 e. The normalized spacial score (nSPS) is 18.4. The van der Waals surface area contributed by atoms with Crippen LogP contribution in [0.2, 0.25) is 0 Å². The molecule has 4 heteroatoms. The van der Waals surface area contributed by atoms with Crippen molar-refractivity contribution in [1.82, 2.24) is 15.3 Å². The highest BCUT2D eigenvalue weighted by Crippen LogP contribution is 2.35. The van der Waals surface area contributed by atoms with Gasteiger partial charge in [-0.25, -0.2) is 9.97 Å². The van der Waals surface area contributed by atoms with Gasteiger partial charge in [0.15, 0.2) is 5.82 Å². The summed E-state index contributed by atoms with van der Waals surface area (Å²) in [5, 5.41) is 3.11. The van der Waals surface area contributed by atoms with Gasteiger partial charge in [0.05, 0.1) is 0 Å². The molecule has 0 amide bonds. The number of nitrogens with zero attached hydrogens (tertiary/aromatic N) is 2. The predicted molar refractivity (Wildman–Crippen MR) is 75.7 cm³/mol. The summed E-state index contributed by atoms with van der Waals surface area (Å²) in [5.41, 5.74) is 1.12. The van der Waals surface area contributed by atoms with Crippen LogP contribution in [0.4, 0.5) is 0 Å². The second-order valence-electron chi connectivity index (χ2n) is 5.25. The highest BCUT2D eigenvalue weighted by molar-refractivity contribution is 5.07. The Balaban J connectivity index is 2.08. The van der Waals surface area contributed by atoms with E-state index in [1.807, 2.05) is 26.4 Å². The summed E-state index contributed by atoms with van der Waals surface area (Å²) < 4.78 is 5.93. The molecule has 19 heavy (non-hydrogen) atoms. The van der Waals surface area contributed by atoms with Gasteiger partial charge >= 0.3 is 0 Å². The monoisotopic (exact) mass is 263 g/mol. The maximum atomic E-state index is 5.93. The smallest absolute Gasteiger partial charge is 0.157 e. The molecule has 0 radical (unpaired) electrons. The second kappa shape index (κ2) is 7.56. The third-order valence-corrected chi connectivity index (χ3v) is 3.78. The third kappa shape index (κ3) is 3.98. The van der Waals surface area contributed by atoms with Crippen molar-refractivity contribution < 1.29 is 4.74 Å². The standard InChI is InChI=1S/C15H25N3O/c1-3-19-14(13-7-5-4-6-8-13)15-17-10-12(9-16-2)11-18-15/h10-11,13-14,16H,3-9H2,1-2H3. The van der Waals surface area contributed by atoms with E-state index >= 15 is 0 Å². The van der Waals surface area contributed by atoms with Crippen LogP contribution in [0.5, 0.6) is 0 Å². The average Bonchev–Trinajstić information content (AvgIpc) is 2.47. The lowest BCUT2D eigenvalue weighted by Gasteiger charge is -2.29. The lowest BCUT2D eigenvalue weighted by Crippen LogP contribution is -2.21. The molecule has 1 N–H and O–H groups in total. The van der Waals surface area contributed by atoms with E-state index < -0.39 is 0 Å². The van der Waals surface area contributed by atoms with Gasteiger partial charge in [0.25, 0.3) is 0 Å². The maximum absolute atomic E-state index is 5.93. The molecule has 1 unspecified atom stereocenters. The minimum atomic E-state index is 0.0777. The Hall–Kier alpha value is -1.00. The van der Waals surface area contributed by atoms with E-state index in [2.05, 4.69) is 15.3 Å². The van der Waals surface area contributed by atoms with E-state index in [-0.39, 0.29) is 6.10 Å². The maximum Gasteiger partial charge on any atom is 0.157 e. The molecule has 0 saturated heterocycles. The van der Waals surface area contributed by atoms with Crippen LogP contribution in [0.15, 0.2) is 12.4 Å². The van der Waals surface area contributed by atoms with Crippen LogP contribution < -0.4 is 5.32 Å². The number of nitrogens with one attached hydrogen (secondary N) is 1. The van der Waals surface area contributed by atoms with Crippen LogP contribution in [-0.2, 0) is 11.3 Å². The van der Waals surface area contributed by atoms with Crippen LogP contribution in [-0.4, -0.2) is 23.6 Å². The fourth-order valence-electron chi connectivity index (χ4n) is 2.85. The van der Waals surface area contributed by atoms with Gasteiger partial charge in [-0.1, -0.05) is 19.3 Å². The first-order valence-electron chi connectivity index (χ1n) is 7.42. The fourth-order valence-corrected chi connectivity index (χ4v) is 2.85. The summed E-state index contributed by atoms with van der Waals surface area (Å²) in [4.78, 5) is 9.03. The molecular weight excluding hydrogens is 238 g/mol. The zero-order chi connectivity index (χ0) is 13.5. The molecule has 1 heterocycles. The first-order valence-corrected chi connectivity index (χ1v) is 7.42. The highest BCUT2D eigenvalue weighted by Gasteiger charge is 2.27.